The molecule has 0 saturated carbocycles. The van der Waals surface area contributed by atoms with Crippen LogP contribution in [0.1, 0.15) is 19.4 Å². The Hall–Kier alpha value is -1.66. The molecule has 0 saturated heterocycles. The second-order valence-corrected chi connectivity index (χ2v) is 4.84. The van der Waals surface area contributed by atoms with Crippen LogP contribution in [0.3, 0.4) is 0 Å². The van der Waals surface area contributed by atoms with E-state index >= 15 is 0 Å². The van der Waals surface area contributed by atoms with Crippen LogP contribution in [0, 0.1) is 0 Å². The number of halogens is 2. The van der Waals surface area contributed by atoms with Crippen molar-refractivity contribution in [3.8, 4) is 11.4 Å². The second kappa shape index (κ2) is 5.54. The molecule has 0 amide bonds. The molecule has 2 aromatic rings. The van der Waals surface area contributed by atoms with E-state index in [1.54, 1.807) is 25.1 Å². The maximum atomic E-state index is 10.7. The van der Waals surface area contributed by atoms with Crippen LogP contribution in [0.4, 0.5) is 0 Å². The molecule has 8 heteroatoms. The fourth-order valence-electron chi connectivity index (χ4n) is 1.65. The van der Waals surface area contributed by atoms with E-state index in [1.165, 1.54) is 4.68 Å². The molecule has 2 rings (SSSR count). The molecule has 1 heterocycles. The van der Waals surface area contributed by atoms with Crippen molar-refractivity contribution in [3.63, 3.8) is 0 Å². The van der Waals surface area contributed by atoms with Gasteiger partial charge >= 0.3 is 5.97 Å². The number of hydrogen-bond acceptors (Lipinski definition) is 4. The van der Waals surface area contributed by atoms with Gasteiger partial charge in [-0.1, -0.05) is 23.2 Å². The summed E-state index contributed by atoms with van der Waals surface area (Å²) in [7, 11) is 0. The number of tetrazole rings is 1. The number of carboxylic acids is 1. The third-order valence-corrected chi connectivity index (χ3v) is 3.30. The van der Waals surface area contributed by atoms with Gasteiger partial charge in [-0.2, -0.15) is 0 Å². The van der Waals surface area contributed by atoms with Crippen LogP contribution < -0.4 is 0 Å². The lowest BCUT2D eigenvalue weighted by Crippen LogP contribution is -2.13. The van der Waals surface area contributed by atoms with E-state index in [1.807, 2.05) is 0 Å². The Labute approximate surface area is 118 Å². The molecule has 0 radical (unpaired) electrons. The van der Waals surface area contributed by atoms with Gasteiger partial charge in [-0.05, 0) is 35.5 Å². The molecule has 0 bridgehead atoms. The van der Waals surface area contributed by atoms with Crippen molar-refractivity contribution < 1.29 is 9.90 Å². The van der Waals surface area contributed by atoms with Gasteiger partial charge in [-0.15, -0.1) is 5.10 Å². The molecule has 1 aromatic carbocycles. The van der Waals surface area contributed by atoms with Gasteiger partial charge in [0.2, 0.25) is 0 Å². The van der Waals surface area contributed by atoms with Gasteiger partial charge in [0.25, 0.3) is 0 Å². The molecule has 0 aliphatic carbocycles. The predicted octanol–water partition coefficient (Wildman–Crippen LogP) is 2.68. The summed E-state index contributed by atoms with van der Waals surface area (Å²) in [5, 5.41) is 20.9. The maximum Gasteiger partial charge on any atom is 0.305 e. The number of carbonyl (C=O) groups is 1. The standard InChI is InChI=1S/C11H10Cl2N4O2/c1-6(4-10(18)19)17-11(14-15-16-17)7-2-3-8(12)9(13)5-7/h2-3,5-6H,4H2,1H3,(H,18,19). The summed E-state index contributed by atoms with van der Waals surface area (Å²) < 4.78 is 1.45. The fourth-order valence-corrected chi connectivity index (χ4v) is 1.95. The summed E-state index contributed by atoms with van der Waals surface area (Å²) in [6.45, 7) is 1.73. The monoisotopic (exact) mass is 300 g/mol. The third kappa shape index (κ3) is 3.02. The normalized spacial score (nSPS) is 12.4. The van der Waals surface area contributed by atoms with Crippen LogP contribution in [-0.2, 0) is 4.79 Å². The zero-order valence-corrected chi connectivity index (χ0v) is 11.4. The number of rotatable bonds is 4. The van der Waals surface area contributed by atoms with Crippen LogP contribution >= 0.6 is 23.2 Å². The molecule has 1 aromatic heterocycles. The Morgan fingerprint density at radius 3 is 2.79 bits per heavy atom. The summed E-state index contributed by atoms with van der Waals surface area (Å²) in [4.78, 5) is 10.7. The number of benzene rings is 1. The lowest BCUT2D eigenvalue weighted by atomic mass is 10.2. The molecule has 0 fully saturated rings. The van der Waals surface area contributed by atoms with E-state index in [-0.39, 0.29) is 12.5 Å². The van der Waals surface area contributed by atoms with Crippen LogP contribution in [0.2, 0.25) is 10.0 Å². The Morgan fingerprint density at radius 1 is 1.42 bits per heavy atom. The summed E-state index contributed by atoms with van der Waals surface area (Å²) in [6, 6.07) is 4.64. The first-order valence-electron chi connectivity index (χ1n) is 5.44. The molecule has 6 nitrogen and oxygen atoms in total. The van der Waals surface area contributed by atoms with Gasteiger partial charge < -0.3 is 5.11 Å². The molecule has 0 aliphatic rings. The Bertz CT molecular complexity index is 614. The van der Waals surface area contributed by atoms with Crippen molar-refractivity contribution in [1.29, 1.82) is 0 Å². The highest BCUT2D eigenvalue weighted by atomic mass is 35.5. The van der Waals surface area contributed by atoms with Crippen LogP contribution in [-0.4, -0.2) is 31.3 Å². The molecular formula is C11H10Cl2N4O2. The van der Waals surface area contributed by atoms with E-state index in [2.05, 4.69) is 15.5 Å². The summed E-state index contributed by atoms with van der Waals surface area (Å²) in [5.41, 5.74) is 0.677. The van der Waals surface area contributed by atoms with Gasteiger partial charge in [-0.25, -0.2) is 4.68 Å². The third-order valence-electron chi connectivity index (χ3n) is 2.56. The molecule has 0 aliphatic heterocycles. The molecular weight excluding hydrogens is 291 g/mol. The van der Waals surface area contributed by atoms with Gasteiger partial charge in [0, 0.05) is 5.56 Å². The van der Waals surface area contributed by atoms with E-state index in [0.29, 0.717) is 21.4 Å². The lowest BCUT2D eigenvalue weighted by molar-refractivity contribution is -0.137. The van der Waals surface area contributed by atoms with Crippen molar-refractivity contribution in [1.82, 2.24) is 20.2 Å². The van der Waals surface area contributed by atoms with Crippen molar-refractivity contribution >= 4 is 29.2 Å². The number of nitrogens with zero attached hydrogens (tertiary/aromatic N) is 4. The maximum absolute atomic E-state index is 10.7. The Morgan fingerprint density at radius 2 is 2.16 bits per heavy atom. The minimum absolute atomic E-state index is 0.0701. The highest BCUT2D eigenvalue weighted by Crippen LogP contribution is 2.28. The largest absolute Gasteiger partial charge is 0.481 e. The van der Waals surface area contributed by atoms with Crippen molar-refractivity contribution in [2.24, 2.45) is 0 Å². The fraction of sp³-hybridized carbons (Fsp3) is 0.273. The Balaban J connectivity index is 2.38. The van der Waals surface area contributed by atoms with Gasteiger partial charge in [0.15, 0.2) is 5.82 Å². The van der Waals surface area contributed by atoms with Crippen LogP contribution in [0.5, 0.6) is 0 Å². The first-order chi connectivity index (χ1) is 8.99. The Kier molecular flexibility index (Phi) is 4.01. The first kappa shape index (κ1) is 13.8. The van der Waals surface area contributed by atoms with Gasteiger partial charge in [0.1, 0.15) is 0 Å². The summed E-state index contributed by atoms with van der Waals surface area (Å²) in [5.74, 6) is -0.463. The number of hydrogen-bond donors (Lipinski definition) is 1. The molecule has 100 valence electrons. The smallest absolute Gasteiger partial charge is 0.305 e. The van der Waals surface area contributed by atoms with Crippen LogP contribution in [0.15, 0.2) is 18.2 Å². The van der Waals surface area contributed by atoms with E-state index in [0.717, 1.165) is 0 Å². The van der Waals surface area contributed by atoms with Gasteiger partial charge in [-0.3, -0.25) is 4.79 Å². The zero-order chi connectivity index (χ0) is 14.0. The summed E-state index contributed by atoms with van der Waals surface area (Å²) in [6.07, 6.45) is -0.0701. The first-order valence-corrected chi connectivity index (χ1v) is 6.19. The van der Waals surface area contributed by atoms with E-state index in [9.17, 15) is 4.79 Å². The average Bonchev–Trinajstić information content (AvgIpc) is 2.81. The van der Waals surface area contributed by atoms with E-state index < -0.39 is 5.97 Å². The highest BCUT2D eigenvalue weighted by molar-refractivity contribution is 6.42. The average molecular weight is 301 g/mol. The molecule has 1 atom stereocenters. The second-order valence-electron chi connectivity index (χ2n) is 4.02. The highest BCUT2D eigenvalue weighted by Gasteiger charge is 2.17. The minimum atomic E-state index is -0.914. The van der Waals surface area contributed by atoms with Crippen molar-refractivity contribution in [2.45, 2.75) is 19.4 Å². The summed E-state index contributed by atoms with van der Waals surface area (Å²) >= 11 is 11.8. The quantitative estimate of drug-likeness (QED) is 0.939. The number of aliphatic carboxylic acids is 1. The predicted molar refractivity (Wildman–Crippen MR) is 70.2 cm³/mol. The molecule has 1 N–H and O–H groups in total. The molecule has 19 heavy (non-hydrogen) atoms. The lowest BCUT2D eigenvalue weighted by Gasteiger charge is -2.11. The van der Waals surface area contributed by atoms with E-state index in [4.69, 9.17) is 28.3 Å². The zero-order valence-electron chi connectivity index (χ0n) is 9.92. The van der Waals surface area contributed by atoms with Crippen molar-refractivity contribution in [3.05, 3.63) is 28.2 Å². The number of aromatic nitrogens is 4. The van der Waals surface area contributed by atoms with Crippen molar-refractivity contribution in [2.75, 3.05) is 0 Å². The topological polar surface area (TPSA) is 80.9 Å². The van der Waals surface area contributed by atoms with Gasteiger partial charge in [0.05, 0.1) is 22.5 Å². The van der Waals surface area contributed by atoms with Crippen LogP contribution in [0.25, 0.3) is 11.4 Å². The molecule has 1 unspecified atom stereocenters. The minimum Gasteiger partial charge on any atom is -0.481 e. The SMILES string of the molecule is CC(CC(=O)O)n1nnnc1-c1ccc(Cl)c(Cl)c1. The number of carboxylic acid groups (broad SMARTS) is 1. The molecule has 0 spiro atoms.